The van der Waals surface area contributed by atoms with E-state index < -0.39 is 0 Å². The summed E-state index contributed by atoms with van der Waals surface area (Å²) in [6, 6.07) is 24.2. The number of aromatic nitrogens is 2. The Morgan fingerprint density at radius 3 is 2.36 bits per heavy atom. The van der Waals surface area contributed by atoms with E-state index in [-0.39, 0.29) is 24.4 Å². The molecule has 1 aromatic heterocycles. The lowest BCUT2D eigenvalue weighted by Gasteiger charge is -2.24. The number of amides is 3. The van der Waals surface area contributed by atoms with Crippen molar-refractivity contribution in [2.45, 2.75) is 20.8 Å². The molecule has 0 fully saturated rings. The zero-order valence-corrected chi connectivity index (χ0v) is 24.0. The Bertz CT molecular complexity index is 1430. The molecule has 0 spiro atoms. The Morgan fingerprint density at radius 1 is 1.00 bits per heavy atom. The van der Waals surface area contributed by atoms with E-state index in [2.05, 4.69) is 26.6 Å². The molecule has 0 radical (unpaired) electrons. The normalized spacial score (nSPS) is 10.8. The van der Waals surface area contributed by atoms with Crippen LogP contribution in [0.2, 0.25) is 0 Å². The Balaban J connectivity index is 1.64. The van der Waals surface area contributed by atoms with E-state index in [4.69, 9.17) is 9.84 Å². The van der Waals surface area contributed by atoms with E-state index in [1.165, 1.54) is 4.90 Å². The topological polar surface area (TPSA) is 88.5 Å². The van der Waals surface area contributed by atoms with Crippen LogP contribution in [0.4, 0.5) is 16.3 Å². The first-order valence-electron chi connectivity index (χ1n) is 12.7. The second-order valence-electron chi connectivity index (χ2n) is 9.55. The van der Waals surface area contributed by atoms with Crippen molar-refractivity contribution in [3.05, 3.63) is 89.0 Å². The molecule has 39 heavy (non-hydrogen) atoms. The number of rotatable bonds is 9. The predicted molar refractivity (Wildman–Crippen MR) is 158 cm³/mol. The van der Waals surface area contributed by atoms with Crippen molar-refractivity contribution >= 4 is 39.4 Å². The lowest BCUT2D eigenvalue weighted by molar-refractivity contribution is -0.116. The lowest BCUT2D eigenvalue weighted by atomic mass is 10.1. The summed E-state index contributed by atoms with van der Waals surface area (Å²) in [4.78, 5) is 28.2. The molecule has 4 aromatic rings. The highest BCUT2D eigenvalue weighted by molar-refractivity contribution is 9.10. The highest BCUT2D eigenvalue weighted by atomic mass is 79.9. The van der Waals surface area contributed by atoms with Gasteiger partial charge in [0.25, 0.3) is 0 Å². The molecule has 4 rings (SSSR count). The van der Waals surface area contributed by atoms with Gasteiger partial charge in [-0.3, -0.25) is 4.79 Å². The number of nitrogens with zero attached hydrogens (tertiary/aromatic N) is 3. The van der Waals surface area contributed by atoms with Crippen LogP contribution in [0.15, 0.2) is 83.3 Å². The van der Waals surface area contributed by atoms with Gasteiger partial charge in [0.2, 0.25) is 5.91 Å². The second kappa shape index (κ2) is 12.6. The number of hydrogen-bond acceptors (Lipinski definition) is 4. The molecule has 0 unspecified atom stereocenters. The SMILES string of the molecule is COc1ccc(-n2nc(C)c(-c3ccccc3)c2NC(=O)CN(CC(C)C)C(=O)Nc2cccc(Br)c2)cc1. The highest BCUT2D eigenvalue weighted by Crippen LogP contribution is 2.33. The van der Waals surface area contributed by atoms with Crippen molar-refractivity contribution in [3.63, 3.8) is 0 Å². The van der Waals surface area contributed by atoms with Crippen molar-refractivity contribution in [3.8, 4) is 22.6 Å². The summed E-state index contributed by atoms with van der Waals surface area (Å²) in [5.41, 5.74) is 3.91. The second-order valence-corrected chi connectivity index (χ2v) is 10.5. The maximum atomic E-state index is 13.5. The van der Waals surface area contributed by atoms with Crippen LogP contribution in [0.1, 0.15) is 19.5 Å². The van der Waals surface area contributed by atoms with Crippen LogP contribution >= 0.6 is 15.9 Å². The first kappa shape index (κ1) is 27.9. The van der Waals surface area contributed by atoms with Crippen molar-refractivity contribution < 1.29 is 14.3 Å². The van der Waals surface area contributed by atoms with Gasteiger partial charge in [0.15, 0.2) is 0 Å². The summed E-state index contributed by atoms with van der Waals surface area (Å²) in [6.07, 6.45) is 0. The molecule has 0 aliphatic carbocycles. The molecule has 0 aliphatic rings. The number of hydrogen-bond donors (Lipinski definition) is 2. The number of aryl methyl sites for hydroxylation is 1. The minimum absolute atomic E-state index is 0.126. The lowest BCUT2D eigenvalue weighted by Crippen LogP contribution is -2.42. The van der Waals surface area contributed by atoms with Crippen molar-refractivity contribution in [1.82, 2.24) is 14.7 Å². The summed E-state index contributed by atoms with van der Waals surface area (Å²) in [5.74, 6) is 1.09. The first-order valence-corrected chi connectivity index (χ1v) is 13.4. The molecule has 0 aliphatic heterocycles. The molecular weight excluding hydrogens is 558 g/mol. The van der Waals surface area contributed by atoms with Gasteiger partial charge < -0.3 is 20.3 Å². The molecule has 2 N–H and O–H groups in total. The zero-order valence-electron chi connectivity index (χ0n) is 22.4. The maximum absolute atomic E-state index is 13.5. The molecule has 8 nitrogen and oxygen atoms in total. The number of anilines is 2. The molecule has 0 saturated heterocycles. The Hall–Kier alpha value is -4.11. The smallest absolute Gasteiger partial charge is 0.322 e. The summed E-state index contributed by atoms with van der Waals surface area (Å²) >= 11 is 3.42. The van der Waals surface area contributed by atoms with Crippen LogP contribution in [-0.2, 0) is 4.79 Å². The van der Waals surface area contributed by atoms with Gasteiger partial charge in [0, 0.05) is 22.3 Å². The number of urea groups is 1. The monoisotopic (exact) mass is 589 g/mol. The van der Waals surface area contributed by atoms with E-state index in [0.29, 0.717) is 18.1 Å². The van der Waals surface area contributed by atoms with Crippen LogP contribution in [0.3, 0.4) is 0 Å². The number of nitrogens with one attached hydrogen (secondary N) is 2. The van der Waals surface area contributed by atoms with Crippen LogP contribution in [0.5, 0.6) is 5.75 Å². The maximum Gasteiger partial charge on any atom is 0.322 e. The van der Waals surface area contributed by atoms with Gasteiger partial charge in [0.05, 0.1) is 18.5 Å². The van der Waals surface area contributed by atoms with E-state index in [1.807, 2.05) is 93.6 Å². The third-order valence-electron chi connectivity index (χ3n) is 5.98. The third-order valence-corrected chi connectivity index (χ3v) is 6.47. The van der Waals surface area contributed by atoms with Crippen LogP contribution < -0.4 is 15.4 Å². The molecule has 1 heterocycles. The largest absolute Gasteiger partial charge is 0.497 e. The number of carbonyl (C=O) groups is 2. The highest BCUT2D eigenvalue weighted by Gasteiger charge is 2.23. The van der Waals surface area contributed by atoms with E-state index >= 15 is 0 Å². The Kier molecular flexibility index (Phi) is 9.03. The average Bonchev–Trinajstić information content (AvgIpc) is 3.23. The van der Waals surface area contributed by atoms with Gasteiger partial charge in [-0.15, -0.1) is 0 Å². The quantitative estimate of drug-likeness (QED) is 0.226. The van der Waals surface area contributed by atoms with Crippen molar-refractivity contribution in [2.75, 3.05) is 30.8 Å². The molecule has 9 heteroatoms. The fourth-order valence-electron chi connectivity index (χ4n) is 4.28. The minimum Gasteiger partial charge on any atom is -0.497 e. The standard InChI is InChI=1S/C30H32BrN5O3/c1-20(2)18-35(30(38)32-24-12-8-11-23(31)17-24)19-27(37)33-29-28(22-9-6-5-7-10-22)21(3)34-36(29)25-13-15-26(39-4)16-14-25/h5-17,20H,18-19H2,1-4H3,(H,32,38)(H,33,37). The van der Waals surface area contributed by atoms with E-state index in [9.17, 15) is 9.59 Å². The molecule has 3 aromatic carbocycles. The van der Waals surface area contributed by atoms with E-state index in [1.54, 1.807) is 17.9 Å². The summed E-state index contributed by atoms with van der Waals surface area (Å²) < 4.78 is 7.86. The number of benzene rings is 3. The van der Waals surface area contributed by atoms with Crippen LogP contribution in [-0.4, -0.2) is 46.8 Å². The number of methoxy groups -OCH3 is 1. The molecule has 0 atom stereocenters. The van der Waals surface area contributed by atoms with Crippen LogP contribution in [0.25, 0.3) is 16.8 Å². The minimum atomic E-state index is -0.347. The molecule has 3 amide bonds. The van der Waals surface area contributed by atoms with Gasteiger partial charge in [-0.25, -0.2) is 9.48 Å². The van der Waals surface area contributed by atoms with Gasteiger partial charge in [-0.2, -0.15) is 5.10 Å². The van der Waals surface area contributed by atoms with Crippen molar-refractivity contribution in [1.29, 1.82) is 0 Å². The van der Waals surface area contributed by atoms with Crippen LogP contribution in [0, 0.1) is 12.8 Å². The van der Waals surface area contributed by atoms with E-state index in [0.717, 1.165) is 32.7 Å². The molecule has 0 saturated carbocycles. The fraction of sp³-hybridized carbons (Fsp3) is 0.233. The molecule has 202 valence electrons. The van der Waals surface area contributed by atoms with Crippen molar-refractivity contribution in [2.24, 2.45) is 5.92 Å². The number of carbonyl (C=O) groups excluding carboxylic acids is 2. The van der Waals surface area contributed by atoms with Gasteiger partial charge >= 0.3 is 6.03 Å². The zero-order chi connectivity index (χ0) is 27.9. The fourth-order valence-corrected chi connectivity index (χ4v) is 4.68. The first-order chi connectivity index (χ1) is 18.7. The summed E-state index contributed by atoms with van der Waals surface area (Å²) in [7, 11) is 1.61. The summed E-state index contributed by atoms with van der Waals surface area (Å²) in [6.45, 7) is 6.21. The molecular formula is C30H32BrN5O3. The number of ether oxygens (including phenoxy) is 1. The average molecular weight is 591 g/mol. The van der Waals surface area contributed by atoms with Gasteiger partial charge in [-0.1, -0.05) is 66.2 Å². The molecule has 0 bridgehead atoms. The third kappa shape index (κ3) is 7.06. The Labute approximate surface area is 237 Å². The predicted octanol–water partition coefficient (Wildman–Crippen LogP) is 6.75. The van der Waals surface area contributed by atoms with Gasteiger partial charge in [0.1, 0.15) is 18.1 Å². The Morgan fingerprint density at radius 2 is 1.72 bits per heavy atom. The summed E-state index contributed by atoms with van der Waals surface area (Å²) in [5, 5.41) is 10.7. The number of halogens is 1. The van der Waals surface area contributed by atoms with Gasteiger partial charge in [-0.05, 0) is 60.9 Å².